The van der Waals surface area contributed by atoms with Gasteiger partial charge in [0.15, 0.2) is 0 Å². The number of pyridine rings is 1. The summed E-state index contributed by atoms with van der Waals surface area (Å²) in [4.78, 5) is 24.5. The Morgan fingerprint density at radius 1 is 0.961 bits per heavy atom. The number of amides is 1. The zero-order valence-corrected chi connectivity index (χ0v) is 29.6. The van der Waals surface area contributed by atoms with Gasteiger partial charge in [-0.25, -0.2) is 14.2 Å². The quantitative estimate of drug-likeness (QED) is 0.194. The summed E-state index contributed by atoms with van der Waals surface area (Å²) in [6.07, 6.45) is 10.8. The Balaban J connectivity index is 1.21. The van der Waals surface area contributed by atoms with Crippen LogP contribution in [0.3, 0.4) is 0 Å². The largest absolute Gasteiger partial charge is 0.369 e. The normalized spacial score (nSPS) is 18.0. The van der Waals surface area contributed by atoms with Crippen LogP contribution in [-0.2, 0) is 6.42 Å². The molecule has 0 aliphatic carbocycles. The van der Waals surface area contributed by atoms with Crippen molar-refractivity contribution in [3.8, 4) is 0 Å². The van der Waals surface area contributed by atoms with E-state index in [4.69, 9.17) is 4.98 Å². The molecule has 0 bridgehead atoms. The van der Waals surface area contributed by atoms with E-state index in [9.17, 15) is 13.6 Å². The van der Waals surface area contributed by atoms with Gasteiger partial charge in [0, 0.05) is 68.5 Å². The molecule has 4 heterocycles. The molecular formula is C42H44F2N6O. The van der Waals surface area contributed by atoms with Crippen molar-refractivity contribution in [2.75, 3.05) is 49.6 Å². The van der Waals surface area contributed by atoms with E-state index in [0.717, 1.165) is 79.4 Å². The van der Waals surface area contributed by atoms with E-state index in [1.807, 2.05) is 47.8 Å². The van der Waals surface area contributed by atoms with Gasteiger partial charge in [-0.15, -0.1) is 0 Å². The average molecular weight is 687 g/mol. The van der Waals surface area contributed by atoms with Gasteiger partial charge in [0.2, 0.25) is 0 Å². The minimum atomic E-state index is -0.890. The van der Waals surface area contributed by atoms with E-state index >= 15 is 0 Å². The third-order valence-electron chi connectivity index (χ3n) is 10.5. The van der Waals surface area contributed by atoms with Crippen LogP contribution in [-0.4, -0.2) is 60.6 Å². The lowest BCUT2D eigenvalue weighted by molar-refractivity contribution is 0.0985. The first-order valence-corrected chi connectivity index (χ1v) is 17.8. The highest BCUT2D eigenvalue weighted by Gasteiger charge is 2.34. The number of hydrogen-bond acceptors (Lipinski definition) is 6. The van der Waals surface area contributed by atoms with Crippen molar-refractivity contribution >= 4 is 22.9 Å². The molecule has 7 nitrogen and oxygen atoms in total. The van der Waals surface area contributed by atoms with Crippen LogP contribution < -0.4 is 15.2 Å². The molecule has 262 valence electrons. The van der Waals surface area contributed by atoms with Crippen molar-refractivity contribution in [3.63, 3.8) is 0 Å². The summed E-state index contributed by atoms with van der Waals surface area (Å²) in [5.74, 6) is -2.46. The molecule has 1 N–H and O–H groups in total. The molecule has 51 heavy (non-hydrogen) atoms. The zero-order chi connectivity index (χ0) is 35.6. The molecule has 3 aromatic carbocycles. The number of nitrogens with zero attached hydrogens (tertiary/aromatic N) is 5. The second kappa shape index (κ2) is 14.6. The van der Waals surface area contributed by atoms with E-state index in [2.05, 4.69) is 72.4 Å². The molecule has 7 rings (SSSR count). The second-order valence-corrected chi connectivity index (χ2v) is 13.3. The number of hydrazine groups is 1. The summed E-state index contributed by atoms with van der Waals surface area (Å²) in [5, 5.41) is 2.03. The van der Waals surface area contributed by atoms with Crippen LogP contribution in [0.15, 0.2) is 109 Å². The number of fused-ring (bicyclic) bond motifs is 1. The van der Waals surface area contributed by atoms with Crippen LogP contribution in [0.2, 0.25) is 0 Å². The van der Waals surface area contributed by atoms with Gasteiger partial charge in [0.1, 0.15) is 17.2 Å². The highest BCUT2D eigenvalue weighted by Crippen LogP contribution is 2.44. The number of hydrogen-bond donors (Lipinski definition) is 1. The number of carbonyl (C=O) groups is 1. The Kier molecular flexibility index (Phi) is 9.84. The van der Waals surface area contributed by atoms with Gasteiger partial charge in [-0.1, -0.05) is 57.2 Å². The number of halogens is 2. The van der Waals surface area contributed by atoms with Crippen molar-refractivity contribution in [2.24, 2.45) is 0 Å². The highest BCUT2D eigenvalue weighted by atomic mass is 19.1. The maximum Gasteiger partial charge on any atom is 0.263 e. The van der Waals surface area contributed by atoms with Crippen LogP contribution in [0.25, 0.3) is 5.57 Å². The van der Waals surface area contributed by atoms with Gasteiger partial charge < -0.3 is 14.7 Å². The molecule has 9 heteroatoms. The minimum absolute atomic E-state index is 0.0731. The fraction of sp³-hybridized carbons (Fsp3) is 0.286. The van der Waals surface area contributed by atoms with Gasteiger partial charge in [0.25, 0.3) is 5.91 Å². The van der Waals surface area contributed by atoms with Crippen LogP contribution in [0.1, 0.15) is 71.0 Å². The molecule has 1 amide bonds. The summed E-state index contributed by atoms with van der Waals surface area (Å²) in [7, 11) is 1.54. The molecular weight excluding hydrogens is 642 g/mol. The van der Waals surface area contributed by atoms with E-state index in [0.29, 0.717) is 5.69 Å². The van der Waals surface area contributed by atoms with Gasteiger partial charge >= 0.3 is 0 Å². The van der Waals surface area contributed by atoms with Crippen LogP contribution >= 0.6 is 0 Å². The third kappa shape index (κ3) is 6.59. The smallest absolute Gasteiger partial charge is 0.263 e. The third-order valence-corrected chi connectivity index (χ3v) is 10.5. The molecule has 0 spiro atoms. The van der Waals surface area contributed by atoms with E-state index in [1.165, 1.54) is 34.8 Å². The van der Waals surface area contributed by atoms with Crippen molar-refractivity contribution in [1.29, 1.82) is 0 Å². The molecule has 3 aliphatic rings. The van der Waals surface area contributed by atoms with Crippen LogP contribution in [0.5, 0.6) is 0 Å². The number of aromatic nitrogens is 1. The van der Waals surface area contributed by atoms with E-state index < -0.39 is 23.1 Å². The van der Waals surface area contributed by atoms with E-state index in [1.54, 1.807) is 6.07 Å². The predicted molar refractivity (Wildman–Crippen MR) is 200 cm³/mol. The number of anilines is 2. The molecule has 4 aromatic rings. The van der Waals surface area contributed by atoms with Crippen molar-refractivity contribution in [2.45, 2.75) is 39.2 Å². The van der Waals surface area contributed by atoms with Crippen LogP contribution in [0.4, 0.5) is 20.2 Å². The van der Waals surface area contributed by atoms with Gasteiger partial charge in [-0.3, -0.25) is 14.8 Å². The fourth-order valence-electron chi connectivity index (χ4n) is 7.52. The lowest BCUT2D eigenvalue weighted by Gasteiger charge is -2.35. The van der Waals surface area contributed by atoms with Crippen molar-refractivity contribution in [3.05, 3.63) is 154 Å². The number of rotatable bonds is 9. The molecule has 1 aromatic heterocycles. The van der Waals surface area contributed by atoms with Gasteiger partial charge in [-0.05, 0) is 89.8 Å². The fourth-order valence-corrected chi connectivity index (χ4v) is 7.52. The Morgan fingerprint density at radius 3 is 2.39 bits per heavy atom. The molecule has 2 atom stereocenters. The summed E-state index contributed by atoms with van der Waals surface area (Å²) >= 11 is 0. The maximum absolute atomic E-state index is 14.6. The number of likely N-dealkylation sites (N-methyl/N-ethyl adjacent to an activating group) is 1. The predicted octanol–water partition coefficient (Wildman–Crippen LogP) is 7.85. The van der Waals surface area contributed by atoms with Crippen molar-refractivity contribution < 1.29 is 13.6 Å². The SMILES string of the molecule is CCc1c(C2=C3C=CC=CN3NC2c2cccc(N(C)C(=O)c3c(F)cccc3F)c2)ccnc1C(C)c1ccc(N2CCN(CC)CC2)cc1. The number of benzene rings is 3. The van der Waals surface area contributed by atoms with E-state index in [-0.39, 0.29) is 12.0 Å². The van der Waals surface area contributed by atoms with Crippen molar-refractivity contribution in [1.82, 2.24) is 20.3 Å². The molecule has 0 radical (unpaired) electrons. The summed E-state index contributed by atoms with van der Waals surface area (Å²) < 4.78 is 29.1. The zero-order valence-electron chi connectivity index (χ0n) is 29.6. The van der Waals surface area contributed by atoms with Crippen LogP contribution in [0, 0.1) is 11.6 Å². The minimum Gasteiger partial charge on any atom is -0.369 e. The monoisotopic (exact) mass is 686 g/mol. The summed E-state index contributed by atoms with van der Waals surface area (Å²) in [5.41, 5.74) is 12.4. The van der Waals surface area contributed by atoms with Gasteiger partial charge in [0.05, 0.1) is 17.4 Å². The number of carbonyl (C=O) groups excluding carboxylic acids is 1. The Bertz CT molecular complexity index is 1990. The molecule has 2 unspecified atom stereocenters. The lowest BCUT2D eigenvalue weighted by Crippen LogP contribution is -2.46. The summed E-state index contributed by atoms with van der Waals surface area (Å²) in [6, 6.07) is 21.8. The first-order chi connectivity index (χ1) is 24.8. The Morgan fingerprint density at radius 2 is 1.69 bits per heavy atom. The first kappa shape index (κ1) is 34.3. The standard InChI is InChI=1S/C42H44F2N6O/c1-5-33-34(20-21-45-40(33)28(3)29-16-18-31(19-17-29)49-25-23-48(6-2)24-26-49)38-37-15-7-8-22-50(37)46-41(38)30-11-9-12-32(27-30)47(4)42(51)39-35(43)13-10-14-36(39)44/h7-22,27-28,41,46H,5-6,23-26H2,1-4H3. The highest BCUT2D eigenvalue weighted by molar-refractivity contribution is 6.06. The molecule has 1 fully saturated rings. The topological polar surface area (TPSA) is 55.0 Å². The number of piperazine rings is 1. The van der Waals surface area contributed by atoms with Gasteiger partial charge in [-0.2, -0.15) is 0 Å². The Hall–Kier alpha value is -5.12. The second-order valence-electron chi connectivity index (χ2n) is 13.3. The first-order valence-electron chi connectivity index (χ1n) is 17.8. The lowest BCUT2D eigenvalue weighted by atomic mass is 9.85. The maximum atomic E-state index is 14.6. The average Bonchev–Trinajstić information content (AvgIpc) is 3.56. The molecule has 1 saturated heterocycles. The summed E-state index contributed by atoms with van der Waals surface area (Å²) in [6.45, 7) is 12.0. The number of nitrogens with one attached hydrogen (secondary N) is 1. The molecule has 0 saturated carbocycles. The molecule has 3 aliphatic heterocycles. The number of allylic oxidation sites excluding steroid dienone is 3. The Labute approximate surface area is 299 Å².